The molecule has 172 valence electrons. The van der Waals surface area contributed by atoms with Crippen LogP contribution < -0.4 is 15.4 Å². The SMILES string of the molecule is CC(=O)Nc1ccc(-c2csc(NC(=O)/C=C/c3cccc(OCc4csc(C)n4)c3)n2)cc1. The van der Waals surface area contributed by atoms with Crippen molar-refractivity contribution >= 4 is 51.4 Å². The zero-order chi connectivity index (χ0) is 23.9. The summed E-state index contributed by atoms with van der Waals surface area (Å²) in [5.74, 6) is 0.317. The molecule has 7 nitrogen and oxygen atoms in total. The quantitative estimate of drug-likeness (QED) is 0.306. The van der Waals surface area contributed by atoms with Crippen LogP contribution in [-0.4, -0.2) is 21.8 Å². The standard InChI is InChI=1S/C25H22N4O3S2/c1-16(30)26-20-9-7-19(8-10-20)23-15-34-25(28-23)29-24(31)11-6-18-4-3-5-22(12-18)32-13-21-14-33-17(2)27-21/h3-12,14-15H,13H2,1-2H3,(H,26,30)(H,28,29,31)/b11-6+. The minimum absolute atomic E-state index is 0.121. The topological polar surface area (TPSA) is 93.2 Å². The predicted molar refractivity (Wildman–Crippen MR) is 137 cm³/mol. The Morgan fingerprint density at radius 3 is 2.59 bits per heavy atom. The summed E-state index contributed by atoms with van der Waals surface area (Å²) in [7, 11) is 0. The third kappa shape index (κ3) is 6.60. The van der Waals surface area contributed by atoms with Crippen LogP contribution in [0.1, 0.15) is 23.2 Å². The summed E-state index contributed by atoms with van der Waals surface area (Å²) in [6.45, 7) is 3.83. The molecular formula is C25H22N4O3S2. The normalized spacial score (nSPS) is 10.9. The van der Waals surface area contributed by atoms with Crippen molar-refractivity contribution in [2.75, 3.05) is 10.6 Å². The number of carbonyl (C=O) groups is 2. The Balaban J connectivity index is 1.32. The third-order valence-corrected chi connectivity index (χ3v) is 6.15. The number of hydrogen-bond acceptors (Lipinski definition) is 7. The zero-order valence-electron chi connectivity index (χ0n) is 18.6. The van der Waals surface area contributed by atoms with Crippen LogP contribution in [0.2, 0.25) is 0 Å². The summed E-state index contributed by atoms with van der Waals surface area (Å²) in [4.78, 5) is 32.4. The van der Waals surface area contributed by atoms with E-state index in [9.17, 15) is 9.59 Å². The number of aryl methyl sites for hydroxylation is 1. The van der Waals surface area contributed by atoms with Crippen molar-refractivity contribution in [1.29, 1.82) is 0 Å². The Morgan fingerprint density at radius 2 is 1.85 bits per heavy atom. The number of nitrogens with one attached hydrogen (secondary N) is 2. The Bertz CT molecular complexity index is 1330. The molecule has 0 aliphatic carbocycles. The van der Waals surface area contributed by atoms with Crippen molar-refractivity contribution in [2.24, 2.45) is 0 Å². The van der Waals surface area contributed by atoms with Crippen molar-refractivity contribution in [1.82, 2.24) is 9.97 Å². The van der Waals surface area contributed by atoms with E-state index in [2.05, 4.69) is 20.6 Å². The first-order valence-electron chi connectivity index (χ1n) is 10.4. The minimum atomic E-state index is -0.272. The second kappa shape index (κ2) is 10.9. The van der Waals surface area contributed by atoms with Crippen molar-refractivity contribution in [2.45, 2.75) is 20.5 Å². The van der Waals surface area contributed by atoms with Gasteiger partial charge in [-0.15, -0.1) is 22.7 Å². The van der Waals surface area contributed by atoms with Crippen molar-refractivity contribution in [3.8, 4) is 17.0 Å². The number of hydrogen-bond donors (Lipinski definition) is 2. The van der Waals surface area contributed by atoms with Gasteiger partial charge in [0.25, 0.3) is 0 Å². The average molecular weight is 491 g/mol. The van der Waals surface area contributed by atoms with Gasteiger partial charge in [-0.1, -0.05) is 24.3 Å². The summed E-state index contributed by atoms with van der Waals surface area (Å²) >= 11 is 2.94. The van der Waals surface area contributed by atoms with Gasteiger partial charge in [0.05, 0.1) is 16.4 Å². The first-order valence-corrected chi connectivity index (χ1v) is 12.2. The van der Waals surface area contributed by atoms with Crippen molar-refractivity contribution in [3.63, 3.8) is 0 Å². The smallest absolute Gasteiger partial charge is 0.250 e. The molecule has 9 heteroatoms. The molecule has 0 spiro atoms. The summed E-state index contributed by atoms with van der Waals surface area (Å²) in [5, 5.41) is 10.9. The Morgan fingerprint density at radius 1 is 1.03 bits per heavy atom. The summed E-state index contributed by atoms with van der Waals surface area (Å²) in [6, 6.07) is 14.9. The van der Waals surface area contributed by atoms with Gasteiger partial charge in [-0.25, -0.2) is 9.97 Å². The average Bonchev–Trinajstić information content (AvgIpc) is 3.45. The van der Waals surface area contributed by atoms with E-state index < -0.39 is 0 Å². The van der Waals surface area contributed by atoms with E-state index in [1.165, 1.54) is 24.3 Å². The van der Waals surface area contributed by atoms with Crippen LogP contribution in [-0.2, 0) is 16.2 Å². The van der Waals surface area contributed by atoms with Gasteiger partial charge in [0.2, 0.25) is 11.8 Å². The van der Waals surface area contributed by atoms with Gasteiger partial charge in [-0.3, -0.25) is 14.9 Å². The maximum Gasteiger partial charge on any atom is 0.250 e. The van der Waals surface area contributed by atoms with Crippen LogP contribution in [0.5, 0.6) is 5.75 Å². The molecule has 0 aliphatic rings. The van der Waals surface area contributed by atoms with Gasteiger partial charge >= 0.3 is 0 Å². The van der Waals surface area contributed by atoms with E-state index in [1.54, 1.807) is 17.4 Å². The lowest BCUT2D eigenvalue weighted by Gasteiger charge is -2.05. The maximum atomic E-state index is 12.4. The van der Waals surface area contributed by atoms with Gasteiger partial charge in [0.1, 0.15) is 12.4 Å². The largest absolute Gasteiger partial charge is 0.487 e. The molecule has 0 aliphatic heterocycles. The van der Waals surface area contributed by atoms with E-state index in [0.29, 0.717) is 17.5 Å². The highest BCUT2D eigenvalue weighted by molar-refractivity contribution is 7.14. The van der Waals surface area contributed by atoms with Crippen molar-refractivity contribution < 1.29 is 14.3 Å². The lowest BCUT2D eigenvalue weighted by atomic mass is 10.1. The molecule has 0 saturated carbocycles. The number of nitrogens with zero attached hydrogens (tertiary/aromatic N) is 2. The molecule has 2 N–H and O–H groups in total. The molecule has 0 radical (unpaired) electrons. The van der Waals surface area contributed by atoms with E-state index in [-0.39, 0.29) is 11.8 Å². The second-order valence-electron chi connectivity index (χ2n) is 7.34. The monoisotopic (exact) mass is 490 g/mol. The van der Waals surface area contributed by atoms with Crippen LogP contribution >= 0.6 is 22.7 Å². The number of amides is 2. The molecule has 0 bridgehead atoms. The molecule has 2 heterocycles. The minimum Gasteiger partial charge on any atom is -0.487 e. The van der Waals surface area contributed by atoms with Crippen LogP contribution in [0, 0.1) is 6.92 Å². The fourth-order valence-electron chi connectivity index (χ4n) is 3.05. The molecule has 0 atom stereocenters. The lowest BCUT2D eigenvalue weighted by Crippen LogP contribution is -2.07. The lowest BCUT2D eigenvalue weighted by molar-refractivity contribution is -0.114. The Kier molecular flexibility index (Phi) is 7.46. The number of rotatable bonds is 8. The molecule has 2 aromatic heterocycles. The predicted octanol–water partition coefficient (Wildman–Crippen LogP) is 5.76. The zero-order valence-corrected chi connectivity index (χ0v) is 20.2. The fraction of sp³-hybridized carbons (Fsp3) is 0.120. The first kappa shape index (κ1) is 23.3. The highest BCUT2D eigenvalue weighted by Gasteiger charge is 2.07. The summed E-state index contributed by atoms with van der Waals surface area (Å²) < 4.78 is 5.80. The van der Waals surface area contributed by atoms with Gasteiger partial charge in [-0.05, 0) is 42.8 Å². The number of aromatic nitrogens is 2. The van der Waals surface area contributed by atoms with Crippen LogP contribution in [0.4, 0.5) is 10.8 Å². The van der Waals surface area contributed by atoms with E-state index >= 15 is 0 Å². The third-order valence-electron chi connectivity index (χ3n) is 4.57. The number of thiazole rings is 2. The summed E-state index contributed by atoms with van der Waals surface area (Å²) in [6.07, 6.45) is 3.19. The van der Waals surface area contributed by atoms with Crippen LogP contribution in [0.3, 0.4) is 0 Å². The number of benzene rings is 2. The van der Waals surface area contributed by atoms with Crippen LogP contribution in [0.25, 0.3) is 17.3 Å². The molecule has 0 unspecified atom stereocenters. The van der Waals surface area contributed by atoms with Gasteiger partial charge in [-0.2, -0.15) is 0 Å². The maximum absolute atomic E-state index is 12.4. The van der Waals surface area contributed by atoms with E-state index in [1.807, 2.05) is 66.2 Å². The van der Waals surface area contributed by atoms with E-state index in [0.717, 1.165) is 33.2 Å². The first-order chi connectivity index (χ1) is 16.4. The number of ether oxygens (including phenoxy) is 1. The highest BCUT2D eigenvalue weighted by atomic mass is 32.1. The summed E-state index contributed by atoms with van der Waals surface area (Å²) in [5.41, 5.74) is 4.11. The van der Waals surface area contributed by atoms with E-state index in [4.69, 9.17) is 4.74 Å². The number of carbonyl (C=O) groups excluding carboxylic acids is 2. The molecule has 2 amide bonds. The molecule has 34 heavy (non-hydrogen) atoms. The van der Waals surface area contributed by atoms with Gasteiger partial charge in [0.15, 0.2) is 5.13 Å². The Labute approximate surface area is 205 Å². The van der Waals surface area contributed by atoms with Crippen molar-refractivity contribution in [3.05, 3.63) is 81.6 Å². The van der Waals surface area contributed by atoms with Crippen LogP contribution in [0.15, 0.2) is 65.4 Å². The molecule has 2 aromatic carbocycles. The molecule has 0 fully saturated rings. The van der Waals surface area contributed by atoms with Gasteiger partial charge < -0.3 is 10.1 Å². The molecule has 4 aromatic rings. The Hall–Kier alpha value is -3.82. The molecular weight excluding hydrogens is 468 g/mol. The van der Waals surface area contributed by atoms with Gasteiger partial charge in [0, 0.05) is 35.0 Å². The second-order valence-corrected chi connectivity index (χ2v) is 9.26. The molecule has 0 saturated heterocycles. The highest BCUT2D eigenvalue weighted by Crippen LogP contribution is 2.26. The number of anilines is 2. The fourth-order valence-corrected chi connectivity index (χ4v) is 4.37. The molecule has 4 rings (SSSR count).